The Morgan fingerprint density at radius 3 is 2.00 bits per heavy atom. The smallest absolute Gasteiger partial charge is 0.266 e. The van der Waals surface area contributed by atoms with Gasteiger partial charge in [0.1, 0.15) is 11.6 Å². The summed E-state index contributed by atoms with van der Waals surface area (Å²) in [4.78, 5) is 33.1. The third-order valence-corrected chi connectivity index (χ3v) is 3.27. The van der Waals surface area contributed by atoms with E-state index in [0.717, 1.165) is 18.2 Å². The molecule has 0 saturated carbocycles. The van der Waals surface area contributed by atoms with E-state index in [0.29, 0.717) is 16.3 Å². The third kappa shape index (κ3) is 1.89. The molecule has 7 heteroatoms. The van der Waals surface area contributed by atoms with Crippen molar-refractivity contribution in [2.45, 2.75) is 13.8 Å². The molecule has 1 aromatic carbocycles. The number of anilines is 1. The van der Waals surface area contributed by atoms with Gasteiger partial charge in [0.25, 0.3) is 11.8 Å². The highest BCUT2D eigenvalue weighted by Crippen LogP contribution is 2.29. The van der Waals surface area contributed by atoms with Gasteiger partial charge in [-0.1, -0.05) is 0 Å². The lowest BCUT2D eigenvalue weighted by Crippen LogP contribution is -2.30. The molecule has 5 nitrogen and oxygen atoms in total. The Morgan fingerprint density at radius 1 is 0.952 bits per heavy atom. The van der Waals surface area contributed by atoms with Gasteiger partial charge in [-0.05, 0) is 26.0 Å². The van der Waals surface area contributed by atoms with Crippen molar-refractivity contribution < 1.29 is 18.4 Å². The molecular formula is C14H9F2N3O2. The Labute approximate surface area is 118 Å². The third-order valence-electron chi connectivity index (χ3n) is 3.27. The first kappa shape index (κ1) is 13.3. The SMILES string of the molecule is Cc1nc2c(nc1C)C(=O)N(c1cc(F)ccc1F)C2=O. The van der Waals surface area contributed by atoms with Crippen LogP contribution in [0, 0.1) is 25.5 Å². The van der Waals surface area contributed by atoms with E-state index >= 15 is 0 Å². The topological polar surface area (TPSA) is 63.2 Å². The van der Waals surface area contributed by atoms with E-state index in [9.17, 15) is 18.4 Å². The molecular weight excluding hydrogens is 280 g/mol. The van der Waals surface area contributed by atoms with Crippen LogP contribution in [0.25, 0.3) is 0 Å². The minimum absolute atomic E-state index is 0.147. The average molecular weight is 289 g/mol. The number of amides is 2. The van der Waals surface area contributed by atoms with E-state index in [1.165, 1.54) is 0 Å². The van der Waals surface area contributed by atoms with E-state index in [4.69, 9.17) is 0 Å². The molecule has 0 bridgehead atoms. The molecule has 0 saturated heterocycles. The first-order valence-corrected chi connectivity index (χ1v) is 6.09. The Morgan fingerprint density at radius 2 is 1.48 bits per heavy atom. The van der Waals surface area contributed by atoms with Crippen LogP contribution >= 0.6 is 0 Å². The van der Waals surface area contributed by atoms with Crippen molar-refractivity contribution in [3.8, 4) is 0 Å². The van der Waals surface area contributed by atoms with Crippen LogP contribution in [0.4, 0.5) is 14.5 Å². The number of rotatable bonds is 1. The van der Waals surface area contributed by atoms with Crippen LogP contribution in [-0.2, 0) is 0 Å². The van der Waals surface area contributed by atoms with Crippen molar-refractivity contribution in [3.63, 3.8) is 0 Å². The zero-order chi connectivity index (χ0) is 15.3. The summed E-state index contributed by atoms with van der Waals surface area (Å²) in [5.74, 6) is -3.25. The summed E-state index contributed by atoms with van der Waals surface area (Å²) in [6.07, 6.45) is 0. The number of halogens is 2. The highest BCUT2D eigenvalue weighted by Gasteiger charge is 2.41. The summed E-state index contributed by atoms with van der Waals surface area (Å²) in [6, 6.07) is 2.55. The van der Waals surface area contributed by atoms with Gasteiger partial charge in [-0.2, -0.15) is 0 Å². The van der Waals surface area contributed by atoms with E-state index in [2.05, 4.69) is 9.97 Å². The fourth-order valence-corrected chi connectivity index (χ4v) is 2.08. The van der Waals surface area contributed by atoms with E-state index in [-0.39, 0.29) is 11.4 Å². The number of hydrogen-bond donors (Lipinski definition) is 0. The predicted octanol–water partition coefficient (Wildman–Crippen LogP) is 2.17. The van der Waals surface area contributed by atoms with Gasteiger partial charge in [0.05, 0.1) is 17.1 Å². The van der Waals surface area contributed by atoms with Gasteiger partial charge < -0.3 is 0 Å². The molecule has 1 aliphatic rings. The van der Waals surface area contributed by atoms with Crippen molar-refractivity contribution >= 4 is 17.5 Å². The molecule has 1 aromatic heterocycles. The summed E-state index contributed by atoms with van der Waals surface area (Å²) in [7, 11) is 0. The zero-order valence-electron chi connectivity index (χ0n) is 11.1. The molecule has 0 fully saturated rings. The molecule has 3 rings (SSSR count). The Bertz CT molecular complexity index is 764. The lowest BCUT2D eigenvalue weighted by Gasteiger charge is -2.13. The molecule has 2 heterocycles. The second-order valence-electron chi connectivity index (χ2n) is 4.63. The van der Waals surface area contributed by atoms with Crippen LogP contribution in [0.5, 0.6) is 0 Å². The van der Waals surface area contributed by atoms with Crippen molar-refractivity contribution in [2.24, 2.45) is 0 Å². The number of aryl methyl sites for hydroxylation is 2. The van der Waals surface area contributed by atoms with Crippen LogP contribution in [0.3, 0.4) is 0 Å². The molecule has 0 radical (unpaired) electrons. The standard InChI is InChI=1S/C14H9F2N3O2/c1-6-7(2)18-12-11(17-6)13(20)19(14(12)21)10-5-8(15)3-4-9(10)16/h3-5H,1-2H3. The lowest BCUT2D eigenvalue weighted by molar-refractivity contribution is 0.0922. The molecule has 2 aromatic rings. The molecule has 0 unspecified atom stereocenters. The second-order valence-corrected chi connectivity index (χ2v) is 4.63. The first-order valence-electron chi connectivity index (χ1n) is 6.09. The first-order chi connectivity index (χ1) is 9.90. The summed E-state index contributed by atoms with van der Waals surface area (Å²) >= 11 is 0. The predicted molar refractivity (Wildman–Crippen MR) is 69.0 cm³/mol. The largest absolute Gasteiger partial charge is 0.286 e. The number of imide groups is 1. The fourth-order valence-electron chi connectivity index (χ4n) is 2.08. The molecule has 21 heavy (non-hydrogen) atoms. The zero-order valence-corrected chi connectivity index (χ0v) is 11.1. The van der Waals surface area contributed by atoms with Gasteiger partial charge in [0.2, 0.25) is 0 Å². The van der Waals surface area contributed by atoms with Gasteiger partial charge in [-0.15, -0.1) is 0 Å². The summed E-state index contributed by atoms with van der Waals surface area (Å²) < 4.78 is 27.1. The fraction of sp³-hybridized carbons (Fsp3) is 0.143. The maximum atomic E-state index is 13.8. The van der Waals surface area contributed by atoms with Crippen LogP contribution < -0.4 is 4.90 Å². The highest BCUT2D eigenvalue weighted by atomic mass is 19.1. The number of carbonyl (C=O) groups is 2. The number of hydrogen-bond acceptors (Lipinski definition) is 4. The lowest BCUT2D eigenvalue weighted by atomic mass is 10.2. The Kier molecular flexibility index (Phi) is 2.79. The average Bonchev–Trinajstić information content (AvgIpc) is 2.66. The van der Waals surface area contributed by atoms with Crippen molar-refractivity contribution in [2.75, 3.05) is 4.90 Å². The Balaban J connectivity index is 2.18. The maximum absolute atomic E-state index is 13.8. The summed E-state index contributed by atoms with van der Waals surface area (Å²) in [5.41, 5.74) is 0.256. The van der Waals surface area contributed by atoms with Crippen LogP contribution in [-0.4, -0.2) is 21.8 Å². The monoisotopic (exact) mass is 289 g/mol. The number of fused-ring (bicyclic) bond motifs is 1. The minimum Gasteiger partial charge on any atom is -0.266 e. The molecule has 106 valence electrons. The molecule has 0 N–H and O–H groups in total. The Hall–Kier alpha value is -2.70. The van der Waals surface area contributed by atoms with Gasteiger partial charge >= 0.3 is 0 Å². The molecule has 2 amide bonds. The van der Waals surface area contributed by atoms with E-state index in [1.807, 2.05) is 0 Å². The van der Waals surface area contributed by atoms with Gasteiger partial charge in [-0.3, -0.25) is 9.59 Å². The van der Waals surface area contributed by atoms with Gasteiger partial charge in [0, 0.05) is 6.07 Å². The van der Waals surface area contributed by atoms with Crippen molar-refractivity contribution in [1.29, 1.82) is 0 Å². The molecule has 1 aliphatic heterocycles. The van der Waals surface area contributed by atoms with Crippen LogP contribution in [0.1, 0.15) is 32.4 Å². The normalized spacial score (nSPS) is 13.8. The number of nitrogens with zero attached hydrogens (tertiary/aromatic N) is 3. The molecule has 0 spiro atoms. The summed E-state index contributed by atoms with van der Waals surface area (Å²) in [6.45, 7) is 3.29. The van der Waals surface area contributed by atoms with E-state index < -0.39 is 29.1 Å². The second kappa shape index (κ2) is 4.41. The van der Waals surface area contributed by atoms with Crippen LogP contribution in [0.2, 0.25) is 0 Å². The maximum Gasteiger partial charge on any atom is 0.286 e. The molecule has 0 atom stereocenters. The number of benzene rings is 1. The van der Waals surface area contributed by atoms with E-state index in [1.54, 1.807) is 13.8 Å². The number of carbonyl (C=O) groups excluding carboxylic acids is 2. The molecule has 0 aliphatic carbocycles. The number of aromatic nitrogens is 2. The van der Waals surface area contributed by atoms with Crippen molar-refractivity contribution in [3.05, 3.63) is 52.6 Å². The van der Waals surface area contributed by atoms with Gasteiger partial charge in [-0.25, -0.2) is 23.6 Å². The van der Waals surface area contributed by atoms with Crippen LogP contribution in [0.15, 0.2) is 18.2 Å². The minimum atomic E-state index is -0.876. The van der Waals surface area contributed by atoms with Gasteiger partial charge in [0.15, 0.2) is 11.4 Å². The highest BCUT2D eigenvalue weighted by molar-refractivity contribution is 6.33. The quantitative estimate of drug-likeness (QED) is 0.755. The summed E-state index contributed by atoms with van der Waals surface area (Å²) in [5, 5.41) is 0. The van der Waals surface area contributed by atoms with Crippen molar-refractivity contribution in [1.82, 2.24) is 9.97 Å².